The molecule has 1 saturated heterocycles. The third kappa shape index (κ3) is 3.66. The van der Waals surface area contributed by atoms with Crippen molar-refractivity contribution >= 4 is 34.4 Å². The number of ether oxygens (including phenoxy) is 1. The first-order chi connectivity index (χ1) is 10.8. The summed E-state index contributed by atoms with van der Waals surface area (Å²) in [6.45, 7) is 5.66. The van der Waals surface area contributed by atoms with Gasteiger partial charge in [0.2, 0.25) is 5.13 Å². The molecule has 22 heavy (non-hydrogen) atoms. The maximum absolute atomic E-state index is 5.63. The molecule has 0 spiro atoms. The lowest BCUT2D eigenvalue weighted by atomic mass is 10.3. The van der Waals surface area contributed by atoms with Gasteiger partial charge in [-0.15, -0.1) is 5.10 Å². The summed E-state index contributed by atoms with van der Waals surface area (Å²) < 4.78 is 8.32. The largest absolute Gasteiger partial charge is 0.492 e. The number of likely N-dealkylation sites (tertiary alicyclic amines) is 1. The van der Waals surface area contributed by atoms with Crippen LogP contribution in [0.2, 0.25) is 0 Å². The summed E-state index contributed by atoms with van der Waals surface area (Å²) in [6, 6.07) is 7.88. The van der Waals surface area contributed by atoms with Crippen LogP contribution in [0.1, 0.15) is 19.8 Å². The van der Waals surface area contributed by atoms with E-state index in [0.717, 1.165) is 40.3 Å². The quantitative estimate of drug-likeness (QED) is 0.811. The first-order valence-corrected chi connectivity index (χ1v) is 8.78. The van der Waals surface area contributed by atoms with Gasteiger partial charge in [0.25, 0.3) is 0 Å². The van der Waals surface area contributed by atoms with Crippen molar-refractivity contribution in [1.29, 1.82) is 0 Å². The summed E-state index contributed by atoms with van der Waals surface area (Å²) in [5, 5.41) is 8.71. The van der Waals surface area contributed by atoms with Crippen LogP contribution >= 0.6 is 23.6 Å². The SMILES string of the molecule is CCOc1ccccc1Nc1nn(CN2CCCC2)c(=S)s1. The summed E-state index contributed by atoms with van der Waals surface area (Å²) in [6.07, 6.45) is 2.54. The summed E-state index contributed by atoms with van der Waals surface area (Å²) in [4.78, 5) is 2.38. The molecule has 118 valence electrons. The molecule has 0 amide bonds. The van der Waals surface area contributed by atoms with Crippen LogP contribution < -0.4 is 10.1 Å². The standard InChI is InChI=1S/C15H20N4OS2/c1-2-20-13-8-4-3-7-12(13)16-14-17-19(15(21)22-14)11-18-9-5-6-10-18/h3-4,7-8H,2,5-6,9-11H2,1H3,(H,16,17). The van der Waals surface area contributed by atoms with Crippen LogP contribution in [0, 0.1) is 3.95 Å². The van der Waals surface area contributed by atoms with Gasteiger partial charge in [0, 0.05) is 0 Å². The van der Waals surface area contributed by atoms with E-state index in [4.69, 9.17) is 17.0 Å². The molecule has 0 saturated carbocycles. The summed E-state index contributed by atoms with van der Waals surface area (Å²) in [7, 11) is 0. The molecule has 1 N–H and O–H groups in total. The molecule has 0 unspecified atom stereocenters. The van der Waals surface area contributed by atoms with Gasteiger partial charge in [-0.05, 0) is 57.2 Å². The van der Waals surface area contributed by atoms with Crippen LogP contribution in [-0.2, 0) is 6.67 Å². The van der Waals surface area contributed by atoms with Crippen molar-refractivity contribution in [2.75, 3.05) is 25.0 Å². The number of rotatable bonds is 6. The molecule has 2 heterocycles. The number of benzene rings is 1. The normalized spacial score (nSPS) is 15.1. The van der Waals surface area contributed by atoms with E-state index < -0.39 is 0 Å². The zero-order valence-corrected chi connectivity index (χ0v) is 14.3. The molecule has 1 aromatic carbocycles. The van der Waals surface area contributed by atoms with Crippen LogP contribution in [0.5, 0.6) is 5.75 Å². The monoisotopic (exact) mass is 336 g/mol. The molecule has 3 rings (SSSR count). The molecule has 2 aromatic rings. The predicted octanol–water partition coefficient (Wildman–Crippen LogP) is 3.87. The van der Waals surface area contributed by atoms with Crippen LogP contribution in [0.4, 0.5) is 10.8 Å². The van der Waals surface area contributed by atoms with E-state index in [1.165, 1.54) is 24.2 Å². The first-order valence-electron chi connectivity index (χ1n) is 7.55. The van der Waals surface area contributed by atoms with Crippen LogP contribution in [-0.4, -0.2) is 34.4 Å². The molecule has 0 aliphatic carbocycles. The first kappa shape index (κ1) is 15.5. The Hall–Kier alpha value is -1.44. The Bertz CT molecular complexity index is 676. The summed E-state index contributed by atoms with van der Waals surface area (Å²) >= 11 is 6.92. The van der Waals surface area contributed by atoms with Gasteiger partial charge < -0.3 is 10.1 Å². The minimum Gasteiger partial charge on any atom is -0.492 e. The minimum atomic E-state index is 0.637. The Morgan fingerprint density at radius 1 is 1.32 bits per heavy atom. The molecule has 5 nitrogen and oxygen atoms in total. The third-order valence-corrected chi connectivity index (χ3v) is 4.79. The van der Waals surface area contributed by atoms with E-state index >= 15 is 0 Å². The number of nitrogens with one attached hydrogen (secondary N) is 1. The van der Waals surface area contributed by atoms with E-state index in [0.29, 0.717) is 6.61 Å². The van der Waals surface area contributed by atoms with E-state index in [2.05, 4.69) is 15.3 Å². The maximum atomic E-state index is 5.63. The van der Waals surface area contributed by atoms with Crippen molar-refractivity contribution in [3.05, 3.63) is 28.2 Å². The van der Waals surface area contributed by atoms with Gasteiger partial charge in [-0.25, -0.2) is 4.68 Å². The number of hydrogen-bond donors (Lipinski definition) is 1. The van der Waals surface area contributed by atoms with Crippen molar-refractivity contribution in [2.24, 2.45) is 0 Å². The fourth-order valence-electron chi connectivity index (χ4n) is 2.53. The van der Waals surface area contributed by atoms with Gasteiger partial charge in [0.05, 0.1) is 19.0 Å². The van der Waals surface area contributed by atoms with Gasteiger partial charge in [-0.2, -0.15) is 0 Å². The molecule has 7 heteroatoms. The third-order valence-electron chi connectivity index (χ3n) is 3.57. The molecule has 1 aromatic heterocycles. The second-order valence-corrected chi connectivity index (χ2v) is 6.82. The average Bonchev–Trinajstić information content (AvgIpc) is 3.13. The van der Waals surface area contributed by atoms with Gasteiger partial charge in [0.15, 0.2) is 3.95 Å². The summed E-state index contributed by atoms with van der Waals surface area (Å²) in [5.74, 6) is 0.831. The average molecular weight is 336 g/mol. The Balaban J connectivity index is 1.74. The molecule has 0 bridgehead atoms. The Kier molecular flexibility index (Phi) is 5.07. The lowest BCUT2D eigenvalue weighted by Crippen LogP contribution is -2.23. The van der Waals surface area contributed by atoms with E-state index in [-0.39, 0.29) is 0 Å². The van der Waals surface area contributed by atoms with Crippen molar-refractivity contribution < 1.29 is 4.74 Å². The van der Waals surface area contributed by atoms with E-state index in [1.54, 1.807) is 0 Å². The highest BCUT2D eigenvalue weighted by Gasteiger charge is 2.14. The summed E-state index contributed by atoms with van der Waals surface area (Å²) in [5.41, 5.74) is 0.918. The minimum absolute atomic E-state index is 0.637. The fourth-order valence-corrected chi connectivity index (χ4v) is 3.53. The van der Waals surface area contributed by atoms with Crippen LogP contribution in [0.15, 0.2) is 24.3 Å². The van der Waals surface area contributed by atoms with Gasteiger partial charge >= 0.3 is 0 Å². The highest BCUT2D eigenvalue weighted by molar-refractivity contribution is 7.73. The molecule has 1 aliphatic heterocycles. The van der Waals surface area contributed by atoms with Crippen molar-refractivity contribution in [1.82, 2.24) is 14.7 Å². The van der Waals surface area contributed by atoms with Gasteiger partial charge in [-0.1, -0.05) is 23.5 Å². The highest BCUT2D eigenvalue weighted by atomic mass is 32.1. The number of anilines is 2. The number of hydrogen-bond acceptors (Lipinski definition) is 6. The van der Waals surface area contributed by atoms with E-state index in [9.17, 15) is 0 Å². The second kappa shape index (κ2) is 7.21. The zero-order valence-electron chi connectivity index (χ0n) is 12.6. The number of para-hydroxylation sites is 2. The van der Waals surface area contributed by atoms with Gasteiger partial charge in [-0.3, -0.25) is 4.90 Å². The fraction of sp³-hybridized carbons (Fsp3) is 0.467. The molecule has 0 atom stereocenters. The topological polar surface area (TPSA) is 42.3 Å². The Morgan fingerprint density at radius 2 is 2.09 bits per heavy atom. The molecule has 1 aliphatic rings. The lowest BCUT2D eigenvalue weighted by Gasteiger charge is -2.13. The Labute approximate surface area is 139 Å². The number of aromatic nitrogens is 2. The van der Waals surface area contributed by atoms with Crippen molar-refractivity contribution in [3.8, 4) is 5.75 Å². The second-order valence-electron chi connectivity index (χ2n) is 5.19. The number of nitrogens with zero attached hydrogens (tertiary/aromatic N) is 3. The Morgan fingerprint density at radius 3 is 2.86 bits per heavy atom. The molecular weight excluding hydrogens is 316 g/mol. The van der Waals surface area contributed by atoms with Crippen LogP contribution in [0.3, 0.4) is 0 Å². The molecule has 1 fully saturated rings. The lowest BCUT2D eigenvalue weighted by molar-refractivity contribution is 0.255. The zero-order chi connectivity index (χ0) is 15.4. The van der Waals surface area contributed by atoms with Crippen molar-refractivity contribution in [3.63, 3.8) is 0 Å². The van der Waals surface area contributed by atoms with Crippen molar-refractivity contribution in [2.45, 2.75) is 26.4 Å². The van der Waals surface area contributed by atoms with Crippen LogP contribution in [0.25, 0.3) is 0 Å². The molecule has 0 radical (unpaired) electrons. The maximum Gasteiger partial charge on any atom is 0.209 e. The van der Waals surface area contributed by atoms with Gasteiger partial charge in [0.1, 0.15) is 5.75 Å². The smallest absolute Gasteiger partial charge is 0.209 e. The van der Waals surface area contributed by atoms with E-state index in [1.807, 2.05) is 35.9 Å². The highest BCUT2D eigenvalue weighted by Crippen LogP contribution is 2.28. The predicted molar refractivity (Wildman–Crippen MR) is 92.6 cm³/mol. The molecular formula is C15H20N4OS2.